The topological polar surface area (TPSA) is 3.88 Å². The van der Waals surface area contributed by atoms with Gasteiger partial charge in [0.2, 0.25) is 5.69 Å². The van der Waals surface area contributed by atoms with E-state index in [1.807, 2.05) is 0 Å². The highest BCUT2D eigenvalue weighted by Gasteiger charge is 2.39. The summed E-state index contributed by atoms with van der Waals surface area (Å²) in [5, 5.41) is 0. The molecular formula is C18H20N+. The van der Waals surface area contributed by atoms with Gasteiger partial charge in [0.25, 0.3) is 0 Å². The summed E-state index contributed by atoms with van der Waals surface area (Å²) in [7, 11) is 2.19. The lowest BCUT2D eigenvalue weighted by Gasteiger charge is -2.15. The van der Waals surface area contributed by atoms with Crippen LogP contribution in [0.1, 0.15) is 47.8 Å². The van der Waals surface area contributed by atoms with Crippen molar-refractivity contribution >= 4 is 0 Å². The van der Waals surface area contributed by atoms with Crippen molar-refractivity contribution in [2.24, 2.45) is 7.05 Å². The summed E-state index contributed by atoms with van der Waals surface area (Å²) in [5.41, 5.74) is 7.35. The first-order valence-electron chi connectivity index (χ1n) is 7.33. The Balaban J connectivity index is 1.91. The second-order valence-corrected chi connectivity index (χ2v) is 6.20. The molecule has 0 saturated heterocycles. The van der Waals surface area contributed by atoms with Crippen LogP contribution in [-0.2, 0) is 7.05 Å². The van der Waals surface area contributed by atoms with Gasteiger partial charge in [0.1, 0.15) is 7.05 Å². The SMILES string of the molecule is Cc1ccccc1-c1cc2c(c[n+]1C)C1CCC2C1. The Bertz CT molecular complexity index is 657. The largest absolute Gasteiger partial charge is 0.212 e. The van der Waals surface area contributed by atoms with Crippen LogP contribution in [-0.4, -0.2) is 0 Å². The molecule has 2 unspecified atom stereocenters. The maximum atomic E-state index is 2.46. The van der Waals surface area contributed by atoms with E-state index < -0.39 is 0 Å². The lowest BCUT2D eigenvalue weighted by Crippen LogP contribution is -2.32. The first-order valence-corrected chi connectivity index (χ1v) is 7.33. The molecule has 4 rings (SSSR count). The minimum Gasteiger partial charge on any atom is -0.201 e. The third kappa shape index (κ3) is 1.57. The number of fused-ring (bicyclic) bond motifs is 5. The third-order valence-electron chi connectivity index (χ3n) is 5.07. The number of hydrogen-bond acceptors (Lipinski definition) is 0. The predicted octanol–water partition coefficient (Wildman–Crippen LogP) is 3.85. The predicted molar refractivity (Wildman–Crippen MR) is 77.1 cm³/mol. The first-order chi connectivity index (χ1) is 9.24. The lowest BCUT2D eigenvalue weighted by atomic mass is 9.91. The van der Waals surface area contributed by atoms with Crippen molar-refractivity contribution in [3.63, 3.8) is 0 Å². The summed E-state index contributed by atoms with van der Waals surface area (Å²) in [6.45, 7) is 2.20. The molecule has 0 spiro atoms. The molecule has 0 aliphatic heterocycles. The molecule has 0 amide bonds. The molecule has 2 atom stereocenters. The summed E-state index contributed by atoms with van der Waals surface area (Å²) in [4.78, 5) is 0. The van der Waals surface area contributed by atoms with E-state index in [2.05, 4.69) is 55.1 Å². The maximum Gasteiger partial charge on any atom is 0.212 e. The van der Waals surface area contributed by atoms with E-state index in [-0.39, 0.29) is 0 Å². The van der Waals surface area contributed by atoms with E-state index in [1.165, 1.54) is 36.1 Å². The van der Waals surface area contributed by atoms with E-state index in [9.17, 15) is 0 Å². The number of benzene rings is 1. The van der Waals surface area contributed by atoms with Crippen molar-refractivity contribution in [3.05, 3.63) is 53.2 Å². The smallest absolute Gasteiger partial charge is 0.201 e. The molecule has 1 heteroatoms. The monoisotopic (exact) mass is 250 g/mol. The van der Waals surface area contributed by atoms with Gasteiger partial charge in [-0.05, 0) is 55.2 Å². The van der Waals surface area contributed by atoms with Crippen LogP contribution in [0.25, 0.3) is 11.3 Å². The molecule has 96 valence electrons. The number of aryl methyl sites for hydroxylation is 2. The van der Waals surface area contributed by atoms with Crippen molar-refractivity contribution in [1.29, 1.82) is 0 Å². The zero-order valence-electron chi connectivity index (χ0n) is 11.7. The Labute approximate surface area is 114 Å². The quantitative estimate of drug-likeness (QED) is 0.677. The van der Waals surface area contributed by atoms with Crippen molar-refractivity contribution in [3.8, 4) is 11.3 Å². The van der Waals surface area contributed by atoms with Gasteiger partial charge >= 0.3 is 0 Å². The van der Waals surface area contributed by atoms with Gasteiger partial charge in [0.05, 0.1) is 0 Å². The van der Waals surface area contributed by atoms with E-state index >= 15 is 0 Å². The van der Waals surface area contributed by atoms with Crippen LogP contribution in [0.15, 0.2) is 36.5 Å². The fourth-order valence-electron chi connectivity index (χ4n) is 4.05. The van der Waals surface area contributed by atoms with E-state index in [0.29, 0.717) is 0 Å². The Kier molecular flexibility index (Phi) is 2.32. The molecule has 2 bridgehead atoms. The molecular weight excluding hydrogens is 230 g/mol. The van der Waals surface area contributed by atoms with Crippen LogP contribution in [0.5, 0.6) is 0 Å². The van der Waals surface area contributed by atoms with Crippen LogP contribution in [0.3, 0.4) is 0 Å². The highest BCUT2D eigenvalue weighted by atomic mass is 14.9. The maximum absolute atomic E-state index is 2.46. The molecule has 1 aromatic heterocycles. The first kappa shape index (κ1) is 11.2. The van der Waals surface area contributed by atoms with Gasteiger partial charge in [-0.1, -0.05) is 18.2 Å². The molecule has 1 saturated carbocycles. The van der Waals surface area contributed by atoms with Gasteiger partial charge in [-0.25, -0.2) is 4.57 Å². The van der Waals surface area contributed by atoms with Crippen molar-refractivity contribution in [1.82, 2.24) is 0 Å². The number of nitrogens with zero attached hydrogens (tertiary/aromatic N) is 1. The lowest BCUT2D eigenvalue weighted by molar-refractivity contribution is -0.660. The third-order valence-corrected chi connectivity index (χ3v) is 5.07. The number of rotatable bonds is 1. The van der Waals surface area contributed by atoms with E-state index in [0.717, 1.165) is 11.8 Å². The summed E-state index contributed by atoms with van der Waals surface area (Å²) in [6.07, 6.45) is 6.59. The average Bonchev–Trinajstić information content (AvgIpc) is 3.00. The number of pyridine rings is 1. The van der Waals surface area contributed by atoms with Crippen LogP contribution in [0, 0.1) is 6.92 Å². The summed E-state index contributed by atoms with van der Waals surface area (Å²) in [5.74, 6) is 1.68. The second-order valence-electron chi connectivity index (χ2n) is 6.20. The summed E-state index contributed by atoms with van der Waals surface area (Å²) < 4.78 is 2.32. The molecule has 2 aromatic rings. The van der Waals surface area contributed by atoms with Gasteiger partial charge in [-0.2, -0.15) is 0 Å². The van der Waals surface area contributed by atoms with Crippen LogP contribution >= 0.6 is 0 Å². The van der Waals surface area contributed by atoms with E-state index in [1.54, 1.807) is 11.1 Å². The Hall–Kier alpha value is -1.63. The molecule has 0 N–H and O–H groups in total. The van der Waals surface area contributed by atoms with Crippen molar-refractivity contribution in [2.75, 3.05) is 0 Å². The van der Waals surface area contributed by atoms with Gasteiger partial charge in [0, 0.05) is 17.2 Å². The minimum atomic E-state index is 0.837. The van der Waals surface area contributed by atoms with Crippen LogP contribution in [0.4, 0.5) is 0 Å². The van der Waals surface area contributed by atoms with Crippen molar-refractivity contribution in [2.45, 2.75) is 38.0 Å². The molecule has 2 aliphatic rings. The molecule has 19 heavy (non-hydrogen) atoms. The minimum absolute atomic E-state index is 0.837. The summed E-state index contributed by atoms with van der Waals surface area (Å²) in [6, 6.07) is 11.2. The standard InChI is InChI=1S/C18H20N/c1-12-5-3-4-6-15(12)18-10-16-13-7-8-14(9-13)17(16)11-19(18)2/h3-6,10-11,13-14H,7-9H2,1-2H3/q+1. The number of hydrogen-bond donors (Lipinski definition) is 0. The molecule has 2 aliphatic carbocycles. The van der Waals surface area contributed by atoms with Gasteiger partial charge in [0.15, 0.2) is 6.20 Å². The molecule has 1 heterocycles. The van der Waals surface area contributed by atoms with E-state index in [4.69, 9.17) is 0 Å². The van der Waals surface area contributed by atoms with Gasteiger partial charge in [-0.15, -0.1) is 0 Å². The Morgan fingerprint density at radius 2 is 1.79 bits per heavy atom. The zero-order valence-corrected chi connectivity index (χ0v) is 11.7. The molecule has 1 aromatic carbocycles. The van der Waals surface area contributed by atoms with Crippen LogP contribution in [0.2, 0.25) is 0 Å². The fraction of sp³-hybridized carbons (Fsp3) is 0.389. The van der Waals surface area contributed by atoms with Crippen LogP contribution < -0.4 is 4.57 Å². The van der Waals surface area contributed by atoms with Gasteiger partial charge in [-0.3, -0.25) is 0 Å². The van der Waals surface area contributed by atoms with Gasteiger partial charge < -0.3 is 0 Å². The Morgan fingerprint density at radius 3 is 2.58 bits per heavy atom. The summed E-state index contributed by atoms with van der Waals surface area (Å²) >= 11 is 0. The zero-order chi connectivity index (χ0) is 13.0. The molecule has 1 fully saturated rings. The molecule has 0 radical (unpaired) electrons. The molecule has 1 nitrogen and oxygen atoms in total. The highest BCUT2D eigenvalue weighted by molar-refractivity contribution is 5.62. The Morgan fingerprint density at radius 1 is 1.05 bits per heavy atom. The highest BCUT2D eigenvalue weighted by Crippen LogP contribution is 2.52. The normalized spacial score (nSPS) is 23.7. The van der Waals surface area contributed by atoms with Crippen molar-refractivity contribution < 1.29 is 4.57 Å². The second kappa shape index (κ2) is 3.93. The fourth-order valence-corrected chi connectivity index (χ4v) is 4.05. The average molecular weight is 250 g/mol. The number of aromatic nitrogens is 1.